The standard InChI is InChI=1S/C25H28N4O4/c1-16-6-8-19(9-7-16)29-15-18(14-22(29)30)24(32)27-21-5-3-2-4-20(21)25(33)28-12-10-17(11-13-28)23(26)31/h2-9,17-18H,10-15H2,1H3,(H2,26,31)(H,27,32). The molecule has 0 bridgehead atoms. The lowest BCUT2D eigenvalue weighted by Gasteiger charge is -2.31. The van der Waals surface area contributed by atoms with E-state index in [1.165, 1.54) is 0 Å². The Bertz CT molecular complexity index is 1070. The molecule has 4 amide bonds. The first-order valence-corrected chi connectivity index (χ1v) is 11.2. The zero-order chi connectivity index (χ0) is 23.5. The number of rotatable bonds is 5. The highest BCUT2D eigenvalue weighted by atomic mass is 16.2. The Labute approximate surface area is 192 Å². The van der Waals surface area contributed by atoms with E-state index in [1.807, 2.05) is 31.2 Å². The first-order chi connectivity index (χ1) is 15.8. The highest BCUT2D eigenvalue weighted by molar-refractivity contribution is 6.07. The summed E-state index contributed by atoms with van der Waals surface area (Å²) in [6.07, 6.45) is 1.19. The summed E-state index contributed by atoms with van der Waals surface area (Å²) in [7, 11) is 0. The zero-order valence-corrected chi connectivity index (χ0v) is 18.6. The molecule has 0 spiro atoms. The molecule has 2 aliphatic heterocycles. The maximum Gasteiger partial charge on any atom is 0.255 e. The smallest absolute Gasteiger partial charge is 0.255 e. The monoisotopic (exact) mass is 448 g/mol. The summed E-state index contributed by atoms with van der Waals surface area (Å²) in [5.74, 6) is -1.63. The molecule has 2 fully saturated rings. The highest BCUT2D eigenvalue weighted by Gasteiger charge is 2.36. The number of anilines is 2. The van der Waals surface area contributed by atoms with Crippen LogP contribution in [0, 0.1) is 18.8 Å². The van der Waals surface area contributed by atoms with Crippen LogP contribution < -0.4 is 16.0 Å². The molecule has 1 atom stereocenters. The molecule has 0 saturated carbocycles. The molecular weight excluding hydrogens is 420 g/mol. The van der Waals surface area contributed by atoms with Gasteiger partial charge in [-0.05, 0) is 44.0 Å². The highest BCUT2D eigenvalue weighted by Crippen LogP contribution is 2.28. The van der Waals surface area contributed by atoms with E-state index in [1.54, 1.807) is 34.1 Å². The average Bonchev–Trinajstić information content (AvgIpc) is 3.21. The predicted octanol–water partition coefficient (Wildman–Crippen LogP) is 2.32. The normalized spacial score (nSPS) is 18.9. The van der Waals surface area contributed by atoms with E-state index in [0.29, 0.717) is 43.7 Å². The van der Waals surface area contributed by atoms with Crippen molar-refractivity contribution in [3.8, 4) is 0 Å². The van der Waals surface area contributed by atoms with E-state index in [9.17, 15) is 19.2 Å². The Balaban J connectivity index is 1.43. The molecule has 3 N–H and O–H groups in total. The number of nitrogens with one attached hydrogen (secondary N) is 1. The van der Waals surface area contributed by atoms with Crippen LogP contribution in [0.25, 0.3) is 0 Å². The molecule has 2 heterocycles. The number of benzene rings is 2. The van der Waals surface area contributed by atoms with E-state index in [0.717, 1.165) is 11.3 Å². The van der Waals surface area contributed by atoms with Crippen molar-refractivity contribution in [2.24, 2.45) is 17.6 Å². The lowest BCUT2D eigenvalue weighted by molar-refractivity contribution is -0.123. The van der Waals surface area contributed by atoms with Gasteiger partial charge in [0.15, 0.2) is 0 Å². The Kier molecular flexibility index (Phi) is 6.44. The van der Waals surface area contributed by atoms with Gasteiger partial charge in [-0.25, -0.2) is 0 Å². The summed E-state index contributed by atoms with van der Waals surface area (Å²) in [5.41, 5.74) is 8.07. The average molecular weight is 449 g/mol. The van der Waals surface area contributed by atoms with Gasteiger partial charge in [0.2, 0.25) is 17.7 Å². The van der Waals surface area contributed by atoms with E-state index >= 15 is 0 Å². The Morgan fingerprint density at radius 1 is 0.970 bits per heavy atom. The van der Waals surface area contributed by atoms with Crippen molar-refractivity contribution >= 4 is 35.0 Å². The number of para-hydroxylation sites is 1. The van der Waals surface area contributed by atoms with Crippen molar-refractivity contribution in [1.29, 1.82) is 0 Å². The summed E-state index contributed by atoms with van der Waals surface area (Å²) in [6, 6.07) is 14.5. The second-order valence-electron chi connectivity index (χ2n) is 8.74. The van der Waals surface area contributed by atoms with Gasteiger partial charge in [-0.3, -0.25) is 19.2 Å². The minimum absolute atomic E-state index is 0.0966. The van der Waals surface area contributed by atoms with Gasteiger partial charge < -0.3 is 20.9 Å². The fourth-order valence-corrected chi connectivity index (χ4v) is 4.41. The van der Waals surface area contributed by atoms with Crippen molar-refractivity contribution in [2.45, 2.75) is 26.2 Å². The third kappa shape index (κ3) is 4.89. The SMILES string of the molecule is Cc1ccc(N2CC(C(=O)Nc3ccccc3C(=O)N3CCC(C(N)=O)CC3)CC2=O)cc1. The number of piperidine rings is 1. The molecule has 4 rings (SSSR count). The summed E-state index contributed by atoms with van der Waals surface area (Å²) in [6.45, 7) is 3.16. The lowest BCUT2D eigenvalue weighted by Crippen LogP contribution is -2.42. The Morgan fingerprint density at radius 2 is 1.64 bits per heavy atom. The van der Waals surface area contributed by atoms with Gasteiger partial charge in [-0.1, -0.05) is 29.8 Å². The number of hydrogen-bond donors (Lipinski definition) is 2. The molecule has 2 aliphatic rings. The van der Waals surface area contributed by atoms with Crippen LogP contribution in [0.5, 0.6) is 0 Å². The number of primary amides is 1. The van der Waals surface area contributed by atoms with Crippen LogP contribution >= 0.6 is 0 Å². The Morgan fingerprint density at radius 3 is 2.30 bits per heavy atom. The number of carbonyl (C=O) groups excluding carboxylic acids is 4. The number of amides is 4. The molecule has 2 aromatic rings. The van der Waals surface area contributed by atoms with E-state index in [2.05, 4.69) is 5.32 Å². The predicted molar refractivity (Wildman–Crippen MR) is 125 cm³/mol. The fraction of sp³-hybridized carbons (Fsp3) is 0.360. The van der Waals surface area contributed by atoms with Crippen LogP contribution in [0.4, 0.5) is 11.4 Å². The maximum absolute atomic E-state index is 13.1. The molecular formula is C25H28N4O4. The summed E-state index contributed by atoms with van der Waals surface area (Å²) in [5, 5.41) is 2.86. The van der Waals surface area contributed by atoms with E-state index in [-0.39, 0.29) is 36.0 Å². The van der Waals surface area contributed by atoms with Gasteiger partial charge in [0.1, 0.15) is 0 Å². The van der Waals surface area contributed by atoms with E-state index < -0.39 is 5.92 Å². The van der Waals surface area contributed by atoms with Crippen LogP contribution in [0.2, 0.25) is 0 Å². The summed E-state index contributed by atoms with van der Waals surface area (Å²) < 4.78 is 0. The van der Waals surface area contributed by atoms with Crippen molar-refractivity contribution < 1.29 is 19.2 Å². The first-order valence-electron chi connectivity index (χ1n) is 11.2. The van der Waals surface area contributed by atoms with Crippen LogP contribution in [0.15, 0.2) is 48.5 Å². The van der Waals surface area contributed by atoms with Crippen molar-refractivity contribution in [1.82, 2.24) is 4.90 Å². The van der Waals surface area contributed by atoms with Gasteiger partial charge in [0, 0.05) is 37.7 Å². The topological polar surface area (TPSA) is 113 Å². The fourth-order valence-electron chi connectivity index (χ4n) is 4.41. The molecule has 33 heavy (non-hydrogen) atoms. The van der Waals surface area contributed by atoms with Crippen LogP contribution in [-0.2, 0) is 14.4 Å². The van der Waals surface area contributed by atoms with Crippen molar-refractivity contribution in [3.63, 3.8) is 0 Å². The molecule has 8 heteroatoms. The first kappa shape index (κ1) is 22.5. The quantitative estimate of drug-likeness (QED) is 0.731. The zero-order valence-electron chi connectivity index (χ0n) is 18.6. The van der Waals surface area contributed by atoms with E-state index in [4.69, 9.17) is 5.73 Å². The lowest BCUT2D eigenvalue weighted by atomic mass is 9.95. The van der Waals surface area contributed by atoms with Crippen molar-refractivity contribution in [3.05, 3.63) is 59.7 Å². The molecule has 172 valence electrons. The second kappa shape index (κ2) is 9.44. The maximum atomic E-state index is 13.1. The molecule has 0 aliphatic carbocycles. The number of hydrogen-bond acceptors (Lipinski definition) is 4. The number of aryl methyl sites for hydroxylation is 1. The molecule has 2 saturated heterocycles. The molecule has 2 aromatic carbocycles. The minimum atomic E-state index is -0.506. The molecule has 8 nitrogen and oxygen atoms in total. The number of carbonyl (C=O) groups is 4. The van der Waals surface area contributed by atoms with Crippen molar-refractivity contribution in [2.75, 3.05) is 29.9 Å². The van der Waals surface area contributed by atoms with Gasteiger partial charge in [-0.2, -0.15) is 0 Å². The van der Waals surface area contributed by atoms with Crippen LogP contribution in [-0.4, -0.2) is 48.2 Å². The third-order valence-electron chi connectivity index (χ3n) is 6.44. The Hall–Kier alpha value is -3.68. The summed E-state index contributed by atoms with van der Waals surface area (Å²) >= 11 is 0. The summed E-state index contributed by atoms with van der Waals surface area (Å²) in [4.78, 5) is 53.4. The molecule has 1 unspecified atom stereocenters. The van der Waals surface area contributed by atoms with Crippen LogP contribution in [0.1, 0.15) is 35.2 Å². The molecule has 0 aromatic heterocycles. The van der Waals surface area contributed by atoms with Gasteiger partial charge >= 0.3 is 0 Å². The number of nitrogens with zero attached hydrogens (tertiary/aromatic N) is 2. The number of nitrogens with two attached hydrogens (primary N) is 1. The molecule has 0 radical (unpaired) electrons. The van der Waals surface area contributed by atoms with Crippen LogP contribution in [0.3, 0.4) is 0 Å². The van der Waals surface area contributed by atoms with Gasteiger partial charge in [-0.15, -0.1) is 0 Å². The third-order valence-corrected chi connectivity index (χ3v) is 6.44. The minimum Gasteiger partial charge on any atom is -0.369 e. The van der Waals surface area contributed by atoms with Gasteiger partial charge in [0.25, 0.3) is 5.91 Å². The number of likely N-dealkylation sites (tertiary alicyclic amines) is 1. The largest absolute Gasteiger partial charge is 0.369 e. The van der Waals surface area contributed by atoms with Gasteiger partial charge in [0.05, 0.1) is 17.2 Å². The second-order valence-corrected chi connectivity index (χ2v) is 8.74.